The number of primary amides is 1. The number of hydrogen-bond donors (Lipinski definition) is 2. The summed E-state index contributed by atoms with van der Waals surface area (Å²) in [5.41, 5.74) is 6.67. The number of piperidine rings is 1. The first-order valence-corrected chi connectivity index (χ1v) is 6.95. The molecule has 1 aliphatic heterocycles. The molecule has 0 spiro atoms. The predicted molar refractivity (Wildman–Crippen MR) is 77.1 cm³/mol. The van der Waals surface area contributed by atoms with Gasteiger partial charge >= 0.3 is 0 Å². The van der Waals surface area contributed by atoms with Gasteiger partial charge in [0.15, 0.2) is 0 Å². The van der Waals surface area contributed by atoms with Crippen LogP contribution in [-0.2, 0) is 11.3 Å². The molecule has 0 radical (unpaired) electrons. The van der Waals surface area contributed by atoms with E-state index in [2.05, 4.69) is 5.32 Å². The summed E-state index contributed by atoms with van der Waals surface area (Å²) >= 11 is 0. The second kappa shape index (κ2) is 6.52. The number of hydrogen-bond acceptors (Lipinski definition) is 3. The zero-order valence-corrected chi connectivity index (χ0v) is 11.8. The second-order valence-corrected chi connectivity index (χ2v) is 5.26. The molecule has 1 aromatic rings. The SMILES string of the molecule is CN(Cc1ccc(C(N)=O)cc1)C(=O)[C@H]1CCCCN1. The van der Waals surface area contributed by atoms with E-state index in [0.717, 1.165) is 31.4 Å². The average molecular weight is 275 g/mol. The maximum atomic E-state index is 12.3. The molecule has 1 fully saturated rings. The molecule has 20 heavy (non-hydrogen) atoms. The summed E-state index contributed by atoms with van der Waals surface area (Å²) in [6.45, 7) is 1.45. The molecular weight excluding hydrogens is 254 g/mol. The van der Waals surface area contributed by atoms with E-state index in [-0.39, 0.29) is 11.9 Å². The van der Waals surface area contributed by atoms with Crippen LogP contribution < -0.4 is 11.1 Å². The third kappa shape index (κ3) is 3.57. The van der Waals surface area contributed by atoms with Crippen LogP contribution in [-0.4, -0.2) is 36.3 Å². The highest BCUT2D eigenvalue weighted by Crippen LogP contribution is 2.12. The van der Waals surface area contributed by atoms with Crippen molar-refractivity contribution in [2.75, 3.05) is 13.6 Å². The highest BCUT2D eigenvalue weighted by Gasteiger charge is 2.23. The number of nitrogens with two attached hydrogens (primary N) is 1. The van der Waals surface area contributed by atoms with Gasteiger partial charge in [-0.05, 0) is 37.1 Å². The molecule has 1 saturated heterocycles. The standard InChI is InChI=1S/C15H21N3O2/c1-18(15(20)13-4-2-3-9-17-13)10-11-5-7-12(8-6-11)14(16)19/h5-8,13,17H,2-4,9-10H2,1H3,(H2,16,19)/t13-/m1/s1. The average Bonchev–Trinajstić information content (AvgIpc) is 2.48. The summed E-state index contributed by atoms with van der Waals surface area (Å²) in [5.74, 6) is -0.309. The molecule has 0 aliphatic carbocycles. The van der Waals surface area contributed by atoms with Gasteiger partial charge in [0.1, 0.15) is 0 Å². The molecule has 2 amide bonds. The molecule has 1 atom stereocenters. The van der Waals surface area contributed by atoms with E-state index in [1.165, 1.54) is 0 Å². The molecule has 0 saturated carbocycles. The van der Waals surface area contributed by atoms with Crippen LogP contribution in [0.25, 0.3) is 0 Å². The van der Waals surface area contributed by atoms with E-state index in [1.807, 2.05) is 12.1 Å². The molecule has 1 aromatic carbocycles. The lowest BCUT2D eigenvalue weighted by molar-refractivity contribution is -0.133. The van der Waals surface area contributed by atoms with Gasteiger partial charge in [-0.25, -0.2) is 0 Å². The Hall–Kier alpha value is -1.88. The molecule has 3 N–H and O–H groups in total. The van der Waals surface area contributed by atoms with Gasteiger partial charge in [0, 0.05) is 19.2 Å². The summed E-state index contributed by atoms with van der Waals surface area (Å²) in [5, 5.41) is 3.26. The van der Waals surface area contributed by atoms with Crippen LogP contribution in [0.15, 0.2) is 24.3 Å². The monoisotopic (exact) mass is 275 g/mol. The smallest absolute Gasteiger partial charge is 0.248 e. The van der Waals surface area contributed by atoms with Crippen molar-refractivity contribution in [3.63, 3.8) is 0 Å². The highest BCUT2D eigenvalue weighted by molar-refractivity contribution is 5.92. The number of carbonyl (C=O) groups is 2. The molecular formula is C15H21N3O2. The maximum Gasteiger partial charge on any atom is 0.248 e. The van der Waals surface area contributed by atoms with Crippen molar-refractivity contribution in [1.82, 2.24) is 10.2 Å². The summed E-state index contributed by atoms with van der Waals surface area (Å²) in [4.78, 5) is 25.0. The molecule has 2 rings (SSSR count). The molecule has 1 heterocycles. The van der Waals surface area contributed by atoms with Gasteiger partial charge in [-0.3, -0.25) is 9.59 Å². The fraction of sp³-hybridized carbons (Fsp3) is 0.467. The van der Waals surface area contributed by atoms with Crippen molar-refractivity contribution in [1.29, 1.82) is 0 Å². The number of rotatable bonds is 4. The molecule has 0 unspecified atom stereocenters. The molecule has 5 heteroatoms. The predicted octanol–water partition coefficient (Wildman–Crippen LogP) is 0.886. The number of nitrogens with one attached hydrogen (secondary N) is 1. The van der Waals surface area contributed by atoms with Gasteiger partial charge in [0.05, 0.1) is 6.04 Å². The summed E-state index contributed by atoms with van der Waals surface area (Å²) < 4.78 is 0. The number of amides is 2. The van der Waals surface area contributed by atoms with Crippen molar-refractivity contribution < 1.29 is 9.59 Å². The summed E-state index contributed by atoms with van der Waals surface area (Å²) in [6, 6.07) is 6.98. The van der Waals surface area contributed by atoms with Crippen molar-refractivity contribution in [3.05, 3.63) is 35.4 Å². The van der Waals surface area contributed by atoms with Gasteiger partial charge < -0.3 is 16.0 Å². The molecule has 108 valence electrons. The number of likely N-dealkylation sites (N-methyl/N-ethyl adjacent to an activating group) is 1. The number of nitrogens with zero attached hydrogens (tertiary/aromatic N) is 1. The van der Waals surface area contributed by atoms with E-state index in [0.29, 0.717) is 12.1 Å². The number of carbonyl (C=O) groups excluding carboxylic acids is 2. The van der Waals surface area contributed by atoms with E-state index < -0.39 is 5.91 Å². The highest BCUT2D eigenvalue weighted by atomic mass is 16.2. The lowest BCUT2D eigenvalue weighted by Crippen LogP contribution is -2.46. The quantitative estimate of drug-likeness (QED) is 0.856. The third-order valence-corrected chi connectivity index (χ3v) is 3.64. The van der Waals surface area contributed by atoms with Gasteiger partial charge in [-0.15, -0.1) is 0 Å². The Kier molecular flexibility index (Phi) is 4.74. The Morgan fingerprint density at radius 1 is 1.30 bits per heavy atom. The summed E-state index contributed by atoms with van der Waals surface area (Å²) in [7, 11) is 1.81. The minimum absolute atomic E-state index is 0.0568. The lowest BCUT2D eigenvalue weighted by Gasteiger charge is -2.27. The summed E-state index contributed by atoms with van der Waals surface area (Å²) in [6.07, 6.45) is 3.15. The van der Waals surface area contributed by atoms with Crippen LogP contribution in [0.4, 0.5) is 0 Å². The fourth-order valence-electron chi connectivity index (χ4n) is 2.45. The van der Waals surface area contributed by atoms with Crippen molar-refractivity contribution in [2.45, 2.75) is 31.8 Å². The molecule has 1 aliphatic rings. The first kappa shape index (κ1) is 14.5. The first-order chi connectivity index (χ1) is 9.58. The van der Waals surface area contributed by atoms with Gasteiger partial charge in [0.2, 0.25) is 11.8 Å². The molecule has 0 bridgehead atoms. The normalized spacial score (nSPS) is 18.6. The van der Waals surface area contributed by atoms with Crippen LogP contribution in [0, 0.1) is 0 Å². The zero-order chi connectivity index (χ0) is 14.5. The Morgan fingerprint density at radius 2 is 2.00 bits per heavy atom. The van der Waals surface area contributed by atoms with E-state index in [1.54, 1.807) is 24.1 Å². The van der Waals surface area contributed by atoms with Crippen LogP contribution in [0.2, 0.25) is 0 Å². The van der Waals surface area contributed by atoms with Crippen LogP contribution in [0.1, 0.15) is 35.2 Å². The minimum Gasteiger partial charge on any atom is -0.366 e. The van der Waals surface area contributed by atoms with Crippen molar-refractivity contribution in [3.8, 4) is 0 Å². The van der Waals surface area contributed by atoms with Gasteiger partial charge in [0.25, 0.3) is 0 Å². The molecule has 5 nitrogen and oxygen atoms in total. The zero-order valence-electron chi connectivity index (χ0n) is 11.8. The largest absolute Gasteiger partial charge is 0.366 e. The van der Waals surface area contributed by atoms with Gasteiger partial charge in [-0.2, -0.15) is 0 Å². The Balaban J connectivity index is 1.94. The van der Waals surface area contributed by atoms with Gasteiger partial charge in [-0.1, -0.05) is 18.6 Å². The lowest BCUT2D eigenvalue weighted by atomic mass is 10.0. The van der Waals surface area contributed by atoms with Crippen LogP contribution >= 0.6 is 0 Å². The van der Waals surface area contributed by atoms with Crippen molar-refractivity contribution >= 4 is 11.8 Å². The van der Waals surface area contributed by atoms with Crippen LogP contribution in [0.3, 0.4) is 0 Å². The van der Waals surface area contributed by atoms with Crippen molar-refractivity contribution in [2.24, 2.45) is 5.73 Å². The van der Waals surface area contributed by atoms with E-state index >= 15 is 0 Å². The second-order valence-electron chi connectivity index (χ2n) is 5.26. The topological polar surface area (TPSA) is 75.4 Å². The minimum atomic E-state index is -0.438. The Labute approximate surface area is 119 Å². The molecule has 0 aromatic heterocycles. The number of benzene rings is 1. The Bertz CT molecular complexity index is 478. The Morgan fingerprint density at radius 3 is 2.55 bits per heavy atom. The van der Waals surface area contributed by atoms with E-state index in [4.69, 9.17) is 5.73 Å². The van der Waals surface area contributed by atoms with E-state index in [9.17, 15) is 9.59 Å². The fourth-order valence-corrected chi connectivity index (χ4v) is 2.45. The third-order valence-electron chi connectivity index (χ3n) is 3.64. The van der Waals surface area contributed by atoms with Crippen LogP contribution in [0.5, 0.6) is 0 Å². The maximum absolute atomic E-state index is 12.3. The first-order valence-electron chi connectivity index (χ1n) is 6.95.